The maximum Gasteiger partial charge on any atom is 0.340 e. The van der Waals surface area contributed by atoms with Gasteiger partial charge in [-0.15, -0.1) is 0 Å². The number of likely N-dealkylation sites (N-methyl/N-ethyl adjacent to an activating group) is 1. The number of benzene rings is 1. The van der Waals surface area contributed by atoms with Gasteiger partial charge in [0.05, 0.1) is 29.7 Å². The molecule has 7 nitrogen and oxygen atoms in total. The molecule has 2 amide bonds. The van der Waals surface area contributed by atoms with Gasteiger partial charge in [-0.25, -0.2) is 4.79 Å². The molecular formula is C19H25N3O4. The lowest BCUT2D eigenvalue weighted by atomic mass is 10.1. The molecule has 1 aliphatic carbocycles. The number of hydrogen-bond donors (Lipinski definition) is 1. The van der Waals surface area contributed by atoms with E-state index in [-0.39, 0.29) is 30.3 Å². The fourth-order valence-electron chi connectivity index (χ4n) is 3.22. The Morgan fingerprint density at radius 2 is 1.81 bits per heavy atom. The van der Waals surface area contributed by atoms with Gasteiger partial charge in [0, 0.05) is 26.2 Å². The van der Waals surface area contributed by atoms with Crippen molar-refractivity contribution in [1.82, 2.24) is 9.80 Å². The number of rotatable bonds is 5. The molecule has 2 fully saturated rings. The van der Waals surface area contributed by atoms with Crippen LogP contribution in [-0.2, 0) is 14.3 Å². The number of carbonyl (C=O) groups excluding carboxylic acids is 3. The Hall–Kier alpha value is -2.41. The zero-order chi connectivity index (χ0) is 18.7. The Balaban J connectivity index is 1.59. The van der Waals surface area contributed by atoms with Gasteiger partial charge in [0.2, 0.25) is 11.8 Å². The Morgan fingerprint density at radius 3 is 2.50 bits per heavy atom. The van der Waals surface area contributed by atoms with E-state index < -0.39 is 5.97 Å². The summed E-state index contributed by atoms with van der Waals surface area (Å²) in [4.78, 5) is 41.1. The summed E-state index contributed by atoms with van der Waals surface area (Å²) >= 11 is 0. The summed E-state index contributed by atoms with van der Waals surface area (Å²) in [6.45, 7) is 5.16. The second-order valence-electron chi connectivity index (χ2n) is 6.83. The largest absolute Gasteiger partial charge is 0.462 e. The fraction of sp³-hybridized carbons (Fsp3) is 0.526. The summed E-state index contributed by atoms with van der Waals surface area (Å²) in [7, 11) is 2.04. The van der Waals surface area contributed by atoms with Crippen LogP contribution < -0.4 is 5.32 Å². The highest BCUT2D eigenvalue weighted by Crippen LogP contribution is 2.41. The van der Waals surface area contributed by atoms with Crippen LogP contribution in [0.1, 0.15) is 23.7 Å². The fourth-order valence-corrected chi connectivity index (χ4v) is 3.22. The Morgan fingerprint density at radius 1 is 1.12 bits per heavy atom. The summed E-state index contributed by atoms with van der Waals surface area (Å²) in [5.41, 5.74) is 0.749. The second kappa shape index (κ2) is 7.86. The Bertz CT molecular complexity index is 698. The van der Waals surface area contributed by atoms with E-state index in [1.165, 1.54) is 0 Å². The maximum absolute atomic E-state index is 12.5. The van der Waals surface area contributed by atoms with E-state index in [0.29, 0.717) is 30.8 Å². The van der Waals surface area contributed by atoms with Crippen LogP contribution in [0.25, 0.3) is 0 Å². The molecular weight excluding hydrogens is 334 g/mol. The number of hydrogen-bond acceptors (Lipinski definition) is 5. The smallest absolute Gasteiger partial charge is 0.340 e. The first kappa shape index (κ1) is 18.4. The molecule has 0 aromatic heterocycles. The second-order valence-corrected chi connectivity index (χ2v) is 6.83. The third-order valence-corrected chi connectivity index (χ3v) is 4.94. The third-order valence-electron chi connectivity index (χ3n) is 4.94. The lowest BCUT2D eigenvalue weighted by molar-refractivity contribution is -0.135. The maximum atomic E-state index is 12.5. The van der Waals surface area contributed by atoms with Gasteiger partial charge in [-0.1, -0.05) is 12.1 Å². The van der Waals surface area contributed by atoms with Crippen LogP contribution in [0.2, 0.25) is 0 Å². The van der Waals surface area contributed by atoms with Crippen LogP contribution in [0, 0.1) is 11.8 Å². The highest BCUT2D eigenvalue weighted by molar-refractivity contribution is 6.04. The van der Waals surface area contributed by atoms with Crippen molar-refractivity contribution < 1.29 is 19.1 Å². The minimum Gasteiger partial charge on any atom is -0.462 e. The molecule has 0 radical (unpaired) electrons. The topological polar surface area (TPSA) is 78.9 Å². The van der Waals surface area contributed by atoms with Crippen molar-refractivity contribution in [3.63, 3.8) is 0 Å². The van der Waals surface area contributed by atoms with E-state index in [1.807, 2.05) is 11.9 Å². The van der Waals surface area contributed by atoms with Gasteiger partial charge in [0.15, 0.2) is 0 Å². The normalized spacial score (nSPS) is 22.6. The number of nitrogens with one attached hydrogen (secondary N) is 1. The summed E-state index contributed by atoms with van der Waals surface area (Å²) < 4.78 is 5.02. The molecule has 1 heterocycles. The van der Waals surface area contributed by atoms with E-state index in [9.17, 15) is 14.4 Å². The quantitative estimate of drug-likeness (QED) is 0.800. The summed E-state index contributed by atoms with van der Waals surface area (Å²) in [5, 5.41) is 2.79. The zero-order valence-electron chi connectivity index (χ0n) is 15.2. The minimum absolute atomic E-state index is 0.0666. The number of anilines is 1. The molecule has 2 atom stereocenters. The van der Waals surface area contributed by atoms with Gasteiger partial charge in [-0.3, -0.25) is 9.59 Å². The molecule has 1 saturated heterocycles. The molecule has 1 saturated carbocycles. The van der Waals surface area contributed by atoms with E-state index in [1.54, 1.807) is 31.2 Å². The van der Waals surface area contributed by atoms with Crippen molar-refractivity contribution in [2.24, 2.45) is 11.8 Å². The summed E-state index contributed by atoms with van der Waals surface area (Å²) in [5.74, 6) is -1.18. The predicted octanol–water partition coefficient (Wildman–Crippen LogP) is 1.21. The molecule has 1 aromatic carbocycles. The van der Waals surface area contributed by atoms with Crippen molar-refractivity contribution in [3.05, 3.63) is 29.8 Å². The van der Waals surface area contributed by atoms with Crippen molar-refractivity contribution in [3.8, 4) is 0 Å². The first-order chi connectivity index (χ1) is 12.5. The molecule has 0 bridgehead atoms. The SMILES string of the molecule is CCOC(=O)c1ccccc1NC(=O)C1CC1C(=O)N1CCN(C)CC1. The Kier molecular flexibility index (Phi) is 5.56. The highest BCUT2D eigenvalue weighted by atomic mass is 16.5. The molecule has 2 aliphatic rings. The molecule has 2 unspecified atom stereocenters. The average Bonchev–Trinajstić information content (AvgIpc) is 3.43. The van der Waals surface area contributed by atoms with Crippen molar-refractivity contribution in [1.29, 1.82) is 0 Å². The average molecular weight is 359 g/mol. The van der Waals surface area contributed by atoms with Crippen molar-refractivity contribution in [2.75, 3.05) is 45.2 Å². The molecule has 1 N–H and O–H groups in total. The predicted molar refractivity (Wildman–Crippen MR) is 96.7 cm³/mol. The first-order valence-electron chi connectivity index (χ1n) is 9.05. The highest BCUT2D eigenvalue weighted by Gasteiger charge is 2.49. The number of nitrogens with zero attached hydrogens (tertiary/aromatic N) is 2. The number of piperazine rings is 1. The Labute approximate surface area is 153 Å². The zero-order valence-corrected chi connectivity index (χ0v) is 15.2. The molecule has 3 rings (SSSR count). The molecule has 26 heavy (non-hydrogen) atoms. The van der Waals surface area contributed by atoms with E-state index in [4.69, 9.17) is 4.74 Å². The lowest BCUT2D eigenvalue weighted by Gasteiger charge is -2.32. The van der Waals surface area contributed by atoms with Crippen LogP contribution in [0.15, 0.2) is 24.3 Å². The number of ether oxygens (including phenoxy) is 1. The van der Waals surface area contributed by atoms with Gasteiger partial charge in [0.1, 0.15) is 0 Å². The van der Waals surface area contributed by atoms with Crippen LogP contribution in [0.3, 0.4) is 0 Å². The summed E-state index contributed by atoms with van der Waals surface area (Å²) in [6.07, 6.45) is 0.568. The van der Waals surface area contributed by atoms with Crippen molar-refractivity contribution >= 4 is 23.5 Å². The third kappa shape index (κ3) is 4.04. The minimum atomic E-state index is -0.468. The van der Waals surface area contributed by atoms with Gasteiger partial charge in [-0.2, -0.15) is 0 Å². The van der Waals surface area contributed by atoms with E-state index in [2.05, 4.69) is 10.2 Å². The monoisotopic (exact) mass is 359 g/mol. The standard InChI is InChI=1S/C19H25N3O4/c1-3-26-19(25)13-6-4-5-7-16(13)20-17(23)14-12-15(14)18(24)22-10-8-21(2)9-11-22/h4-7,14-15H,3,8-12H2,1-2H3,(H,20,23). The number of carbonyl (C=O) groups is 3. The van der Waals surface area contributed by atoms with Gasteiger partial charge >= 0.3 is 5.97 Å². The van der Waals surface area contributed by atoms with E-state index >= 15 is 0 Å². The molecule has 1 aromatic rings. The van der Waals surface area contributed by atoms with Gasteiger partial charge in [-0.05, 0) is 32.5 Å². The van der Waals surface area contributed by atoms with E-state index in [0.717, 1.165) is 13.1 Å². The molecule has 1 aliphatic heterocycles. The molecule has 140 valence electrons. The first-order valence-corrected chi connectivity index (χ1v) is 9.05. The van der Waals surface area contributed by atoms with Crippen LogP contribution in [0.5, 0.6) is 0 Å². The number of esters is 1. The van der Waals surface area contributed by atoms with Gasteiger partial charge < -0.3 is 19.9 Å². The summed E-state index contributed by atoms with van der Waals surface area (Å²) in [6, 6.07) is 6.76. The van der Waals surface area contributed by atoms with Crippen LogP contribution in [-0.4, -0.2) is 67.4 Å². The van der Waals surface area contributed by atoms with Crippen LogP contribution >= 0.6 is 0 Å². The van der Waals surface area contributed by atoms with Crippen LogP contribution in [0.4, 0.5) is 5.69 Å². The number of amides is 2. The van der Waals surface area contributed by atoms with Gasteiger partial charge in [0.25, 0.3) is 0 Å². The molecule has 7 heteroatoms. The molecule has 0 spiro atoms. The lowest BCUT2D eigenvalue weighted by Crippen LogP contribution is -2.48. The van der Waals surface area contributed by atoms with Crippen molar-refractivity contribution in [2.45, 2.75) is 13.3 Å². The number of para-hydroxylation sites is 1.